The molecule has 0 amide bonds. The molecule has 0 spiro atoms. The summed E-state index contributed by atoms with van der Waals surface area (Å²) in [7, 11) is 0. The maximum atomic E-state index is 12.3. The lowest BCUT2D eigenvalue weighted by atomic mass is 10.00. The zero-order valence-electron chi connectivity index (χ0n) is 24.9. The summed E-state index contributed by atoms with van der Waals surface area (Å²) in [5.74, 6) is -0.134. The van der Waals surface area contributed by atoms with E-state index in [1.54, 1.807) is 25.1 Å². The maximum absolute atomic E-state index is 12.3. The van der Waals surface area contributed by atoms with Gasteiger partial charge in [-0.05, 0) is 62.4 Å². The third kappa shape index (κ3) is 8.55. The Hall–Kier alpha value is -3.94. The molecule has 0 bridgehead atoms. The van der Waals surface area contributed by atoms with Gasteiger partial charge < -0.3 is 23.5 Å². The summed E-state index contributed by atoms with van der Waals surface area (Å²) in [5, 5.41) is 0.406. The van der Waals surface area contributed by atoms with E-state index in [1.807, 2.05) is 0 Å². The Morgan fingerprint density at radius 1 is 0.884 bits per heavy atom. The molecule has 3 aromatic carbocycles. The predicted molar refractivity (Wildman–Crippen MR) is 168 cm³/mol. The molecule has 1 saturated heterocycles. The van der Waals surface area contributed by atoms with E-state index in [2.05, 4.69) is 65.6 Å². The number of carbonyl (C=O) groups is 1. The fourth-order valence-corrected chi connectivity index (χ4v) is 5.58. The normalized spacial score (nSPS) is 14.3. The van der Waals surface area contributed by atoms with Crippen molar-refractivity contribution in [2.75, 3.05) is 32.8 Å². The van der Waals surface area contributed by atoms with Gasteiger partial charge in [0.2, 0.25) is 5.76 Å². The van der Waals surface area contributed by atoms with Crippen molar-refractivity contribution in [1.29, 1.82) is 0 Å². The molecule has 0 aliphatic carbocycles. The third-order valence-electron chi connectivity index (χ3n) is 7.88. The smallest absolute Gasteiger partial charge is 0.374 e. The largest absolute Gasteiger partial charge is 0.493 e. The molecule has 1 fully saturated rings. The highest BCUT2D eigenvalue weighted by atomic mass is 16.5. The molecule has 0 N–H and O–H groups in total. The van der Waals surface area contributed by atoms with Gasteiger partial charge >= 0.3 is 5.97 Å². The topological polar surface area (TPSA) is 78.2 Å². The lowest BCUT2D eigenvalue weighted by Gasteiger charge is -2.34. The first-order valence-corrected chi connectivity index (χ1v) is 15.5. The van der Waals surface area contributed by atoms with Crippen molar-refractivity contribution in [2.45, 2.75) is 57.7 Å². The average Bonchev–Trinajstić information content (AvgIpc) is 3.04. The van der Waals surface area contributed by atoms with Crippen LogP contribution in [0.5, 0.6) is 5.75 Å². The minimum atomic E-state index is -0.648. The molecule has 0 atom stereocenters. The van der Waals surface area contributed by atoms with Crippen LogP contribution in [0.2, 0.25) is 0 Å². The van der Waals surface area contributed by atoms with Gasteiger partial charge in [-0.2, -0.15) is 0 Å². The molecule has 1 aliphatic heterocycles. The second-order valence-corrected chi connectivity index (χ2v) is 11.0. The highest BCUT2D eigenvalue weighted by molar-refractivity contribution is 5.89. The number of piperidine rings is 1. The van der Waals surface area contributed by atoms with Gasteiger partial charge in [0.05, 0.1) is 24.7 Å². The maximum Gasteiger partial charge on any atom is 0.374 e. The lowest BCUT2D eigenvalue weighted by Crippen LogP contribution is -2.38. The van der Waals surface area contributed by atoms with Gasteiger partial charge in [0.15, 0.2) is 5.43 Å². The first-order chi connectivity index (χ1) is 21.1. The van der Waals surface area contributed by atoms with Crippen molar-refractivity contribution < 1.29 is 23.4 Å². The number of carbonyl (C=O) groups excluding carboxylic acids is 1. The number of likely N-dealkylation sites (tertiary alicyclic amines) is 1. The van der Waals surface area contributed by atoms with Crippen LogP contribution in [0.15, 0.2) is 94.1 Å². The van der Waals surface area contributed by atoms with Crippen LogP contribution >= 0.6 is 0 Å². The summed E-state index contributed by atoms with van der Waals surface area (Å²) in [6, 6.07) is 27.3. The third-order valence-corrected chi connectivity index (χ3v) is 7.88. The number of ether oxygens (including phenoxy) is 3. The van der Waals surface area contributed by atoms with Crippen LogP contribution in [0.4, 0.5) is 0 Å². The molecule has 2 heterocycles. The molecule has 4 aromatic rings. The van der Waals surface area contributed by atoms with E-state index in [0.29, 0.717) is 23.3 Å². The number of rotatable bonds is 14. The molecule has 1 aliphatic rings. The predicted octanol–water partition coefficient (Wildman–Crippen LogP) is 7.18. The second kappa shape index (κ2) is 15.5. The average molecular weight is 584 g/mol. The summed E-state index contributed by atoms with van der Waals surface area (Å²) in [5.41, 5.74) is 2.44. The quantitative estimate of drug-likeness (QED) is 0.115. The summed E-state index contributed by atoms with van der Waals surface area (Å²) >= 11 is 0. The van der Waals surface area contributed by atoms with Crippen LogP contribution in [-0.2, 0) is 9.47 Å². The van der Waals surface area contributed by atoms with Crippen molar-refractivity contribution in [2.24, 2.45) is 0 Å². The summed E-state index contributed by atoms with van der Waals surface area (Å²) < 4.78 is 23.2. The van der Waals surface area contributed by atoms with Crippen molar-refractivity contribution in [3.8, 4) is 5.75 Å². The summed E-state index contributed by atoms with van der Waals surface area (Å²) in [6.45, 7) is 5.75. The SMILES string of the molecule is CCOC(=O)c1cc(=O)c2ccc(OCCCCCCN3CCC(OC(c4ccccc4)c4ccccc4)CC3)cc2o1. The van der Waals surface area contributed by atoms with Crippen LogP contribution < -0.4 is 10.2 Å². The highest BCUT2D eigenvalue weighted by Crippen LogP contribution is 2.30. The van der Waals surface area contributed by atoms with Gasteiger partial charge in [0, 0.05) is 25.2 Å². The van der Waals surface area contributed by atoms with Crippen molar-refractivity contribution in [3.05, 3.63) is 112 Å². The van der Waals surface area contributed by atoms with Crippen LogP contribution in [0.3, 0.4) is 0 Å². The number of esters is 1. The molecule has 7 heteroatoms. The van der Waals surface area contributed by atoms with Crippen LogP contribution in [0.1, 0.15) is 73.2 Å². The standard InChI is InChI=1S/C36H41NO6/c1-2-40-36(39)34-26-32(38)31-18-17-30(25-33(31)43-34)41-24-12-4-3-11-21-37-22-19-29(20-23-37)42-35(27-13-7-5-8-14-27)28-15-9-6-10-16-28/h5-10,13-18,25-26,29,35H,2-4,11-12,19-24H2,1H3. The van der Waals surface area contributed by atoms with Gasteiger partial charge in [-0.1, -0.05) is 73.5 Å². The van der Waals surface area contributed by atoms with Gasteiger partial charge in [-0.15, -0.1) is 0 Å². The Kier molecular flexibility index (Phi) is 11.0. The molecule has 1 aromatic heterocycles. The number of hydrogen-bond donors (Lipinski definition) is 0. The molecule has 5 rings (SSSR count). The van der Waals surface area contributed by atoms with E-state index in [0.717, 1.165) is 51.7 Å². The molecule has 7 nitrogen and oxygen atoms in total. The van der Waals surface area contributed by atoms with Crippen molar-refractivity contribution in [1.82, 2.24) is 4.90 Å². The Balaban J connectivity index is 0.997. The zero-order chi connectivity index (χ0) is 29.9. The highest BCUT2D eigenvalue weighted by Gasteiger charge is 2.24. The second-order valence-electron chi connectivity index (χ2n) is 11.0. The summed E-state index contributed by atoms with van der Waals surface area (Å²) in [4.78, 5) is 26.9. The number of hydrogen-bond acceptors (Lipinski definition) is 7. The molecule has 0 unspecified atom stereocenters. The van der Waals surface area contributed by atoms with Crippen molar-refractivity contribution in [3.63, 3.8) is 0 Å². The fraction of sp³-hybridized carbons (Fsp3) is 0.389. The number of benzene rings is 3. The Morgan fingerprint density at radius 3 is 2.23 bits per heavy atom. The molecule has 43 heavy (non-hydrogen) atoms. The van der Waals surface area contributed by atoms with E-state index < -0.39 is 5.97 Å². The van der Waals surface area contributed by atoms with Gasteiger partial charge in [-0.3, -0.25) is 4.79 Å². The van der Waals surface area contributed by atoms with E-state index in [1.165, 1.54) is 23.6 Å². The molecule has 0 radical (unpaired) electrons. The van der Waals surface area contributed by atoms with E-state index in [9.17, 15) is 9.59 Å². The summed E-state index contributed by atoms with van der Waals surface area (Å²) in [6.07, 6.45) is 6.69. The van der Waals surface area contributed by atoms with E-state index in [4.69, 9.17) is 18.6 Å². The molecular formula is C36H41NO6. The van der Waals surface area contributed by atoms with Crippen LogP contribution in [0.25, 0.3) is 11.0 Å². The van der Waals surface area contributed by atoms with Crippen molar-refractivity contribution >= 4 is 16.9 Å². The number of nitrogens with zero attached hydrogens (tertiary/aromatic N) is 1. The van der Waals surface area contributed by atoms with Crippen LogP contribution in [-0.4, -0.2) is 49.8 Å². The van der Waals surface area contributed by atoms with E-state index >= 15 is 0 Å². The van der Waals surface area contributed by atoms with Gasteiger partial charge in [0.1, 0.15) is 17.4 Å². The van der Waals surface area contributed by atoms with E-state index in [-0.39, 0.29) is 30.0 Å². The Morgan fingerprint density at radius 2 is 1.56 bits per heavy atom. The Labute approximate surface area is 253 Å². The lowest BCUT2D eigenvalue weighted by molar-refractivity contribution is -0.0271. The van der Waals surface area contributed by atoms with Gasteiger partial charge in [0.25, 0.3) is 0 Å². The first-order valence-electron chi connectivity index (χ1n) is 15.5. The minimum absolute atomic E-state index is 0.0311. The first kappa shape index (κ1) is 30.5. The molecule has 0 saturated carbocycles. The number of unbranched alkanes of at least 4 members (excludes halogenated alkanes) is 3. The minimum Gasteiger partial charge on any atom is -0.493 e. The zero-order valence-corrected chi connectivity index (χ0v) is 24.9. The number of fused-ring (bicyclic) bond motifs is 1. The van der Waals surface area contributed by atoms with Gasteiger partial charge in [-0.25, -0.2) is 4.79 Å². The molecular weight excluding hydrogens is 542 g/mol. The van der Waals surface area contributed by atoms with Crippen LogP contribution in [0, 0.1) is 0 Å². The molecule has 226 valence electrons. The fourth-order valence-electron chi connectivity index (χ4n) is 5.58. The Bertz CT molecular complexity index is 1460. The monoisotopic (exact) mass is 583 g/mol.